The van der Waals surface area contributed by atoms with Crippen LogP contribution in [0.5, 0.6) is 11.5 Å². The minimum absolute atomic E-state index is 0.134. The molecule has 1 unspecified atom stereocenters. The zero-order valence-electron chi connectivity index (χ0n) is 17.0. The van der Waals surface area contributed by atoms with Gasteiger partial charge in [-0.1, -0.05) is 0 Å². The zero-order chi connectivity index (χ0) is 21.9. The van der Waals surface area contributed by atoms with Gasteiger partial charge in [0.2, 0.25) is 5.91 Å². The van der Waals surface area contributed by atoms with E-state index < -0.39 is 17.7 Å². The molecule has 1 aliphatic heterocycles. The number of aryl methyl sites for hydroxylation is 1. The van der Waals surface area contributed by atoms with Gasteiger partial charge in [0.25, 0.3) is 0 Å². The molecule has 9 heteroatoms. The number of alkyl halides is 3. The summed E-state index contributed by atoms with van der Waals surface area (Å²) >= 11 is 0. The van der Waals surface area contributed by atoms with E-state index in [1.807, 2.05) is 6.92 Å². The number of methoxy groups -OCH3 is 2. The largest absolute Gasteiger partial charge is 0.493 e. The molecule has 1 saturated heterocycles. The summed E-state index contributed by atoms with van der Waals surface area (Å²) in [5.74, 6) is 0.178. The molecule has 0 radical (unpaired) electrons. The number of carbonyl (C=O) groups excluding carboxylic acids is 1. The highest BCUT2D eigenvalue weighted by Crippen LogP contribution is 2.37. The fourth-order valence-electron chi connectivity index (χ4n) is 3.60. The van der Waals surface area contributed by atoms with E-state index in [-0.39, 0.29) is 18.3 Å². The van der Waals surface area contributed by atoms with Crippen molar-refractivity contribution in [2.24, 2.45) is 5.92 Å². The number of piperidine rings is 1. The van der Waals surface area contributed by atoms with Crippen LogP contribution in [0.15, 0.2) is 30.5 Å². The van der Waals surface area contributed by atoms with Gasteiger partial charge in [0.1, 0.15) is 5.82 Å². The van der Waals surface area contributed by atoms with E-state index in [2.05, 4.69) is 10.3 Å². The second kappa shape index (κ2) is 8.81. The Kier molecular flexibility index (Phi) is 6.38. The molecule has 2 aromatic rings. The molecule has 0 bridgehead atoms. The minimum Gasteiger partial charge on any atom is -0.493 e. The predicted octanol–water partition coefficient (Wildman–Crippen LogP) is 4.28. The Balaban J connectivity index is 1.78. The Labute approximate surface area is 173 Å². The first-order valence-corrected chi connectivity index (χ1v) is 9.55. The van der Waals surface area contributed by atoms with Crippen molar-refractivity contribution in [3.8, 4) is 11.5 Å². The van der Waals surface area contributed by atoms with Gasteiger partial charge >= 0.3 is 6.18 Å². The van der Waals surface area contributed by atoms with Gasteiger partial charge in [0, 0.05) is 31.0 Å². The highest BCUT2D eigenvalue weighted by atomic mass is 19.4. The summed E-state index contributed by atoms with van der Waals surface area (Å²) in [6.45, 7) is 2.41. The van der Waals surface area contributed by atoms with Gasteiger partial charge in [-0.05, 0) is 43.5 Å². The van der Waals surface area contributed by atoms with Crippen LogP contribution in [0.25, 0.3) is 0 Å². The van der Waals surface area contributed by atoms with E-state index in [4.69, 9.17) is 9.47 Å². The lowest BCUT2D eigenvalue weighted by Gasteiger charge is -2.34. The van der Waals surface area contributed by atoms with Gasteiger partial charge in [-0.2, -0.15) is 13.2 Å². The van der Waals surface area contributed by atoms with Crippen LogP contribution in [0.1, 0.15) is 24.0 Å². The first-order valence-electron chi connectivity index (χ1n) is 9.55. The molecule has 30 heavy (non-hydrogen) atoms. The standard InChI is InChI=1S/C21H24F3N3O3/c1-13-10-17(29-2)18(30-3)11-16(13)26-20(28)14-6-5-9-27(12-14)19-15(21(22,23)24)7-4-8-25-19/h4,7-8,10-11,14H,5-6,9,12H2,1-3H3,(H,26,28). The third kappa shape index (κ3) is 4.60. The summed E-state index contributed by atoms with van der Waals surface area (Å²) in [7, 11) is 3.03. The second-order valence-corrected chi connectivity index (χ2v) is 7.17. The van der Waals surface area contributed by atoms with Crippen LogP contribution in [0.4, 0.5) is 24.7 Å². The van der Waals surface area contributed by atoms with Gasteiger partial charge in [0.05, 0.1) is 25.7 Å². The van der Waals surface area contributed by atoms with Crippen LogP contribution in [0, 0.1) is 12.8 Å². The first-order chi connectivity index (χ1) is 14.2. The summed E-state index contributed by atoms with van der Waals surface area (Å²) in [5, 5.41) is 2.88. The van der Waals surface area contributed by atoms with Crippen LogP contribution in [0.2, 0.25) is 0 Å². The quantitative estimate of drug-likeness (QED) is 0.778. The van der Waals surface area contributed by atoms with Crippen LogP contribution < -0.4 is 19.7 Å². The lowest BCUT2D eigenvalue weighted by Crippen LogP contribution is -2.42. The average molecular weight is 423 g/mol. The van der Waals surface area contributed by atoms with Crippen LogP contribution in [0.3, 0.4) is 0 Å². The maximum atomic E-state index is 13.4. The van der Waals surface area contributed by atoms with Crippen molar-refractivity contribution in [3.05, 3.63) is 41.6 Å². The summed E-state index contributed by atoms with van der Waals surface area (Å²) < 4.78 is 50.6. The van der Waals surface area contributed by atoms with Crippen molar-refractivity contribution in [3.63, 3.8) is 0 Å². The van der Waals surface area contributed by atoms with Crippen molar-refractivity contribution >= 4 is 17.4 Å². The number of nitrogens with one attached hydrogen (secondary N) is 1. The molecule has 3 rings (SSSR count). The smallest absolute Gasteiger partial charge is 0.419 e. The average Bonchev–Trinajstić information content (AvgIpc) is 2.74. The zero-order valence-corrected chi connectivity index (χ0v) is 17.0. The molecular weight excluding hydrogens is 399 g/mol. The molecule has 1 fully saturated rings. The van der Waals surface area contributed by atoms with Crippen molar-refractivity contribution in [1.82, 2.24) is 4.98 Å². The molecule has 1 aliphatic rings. The number of benzene rings is 1. The third-order valence-corrected chi connectivity index (χ3v) is 5.17. The number of carbonyl (C=O) groups is 1. The maximum Gasteiger partial charge on any atom is 0.419 e. The number of rotatable bonds is 5. The molecule has 1 aromatic heterocycles. The molecular formula is C21H24F3N3O3. The van der Waals surface area contributed by atoms with E-state index in [0.717, 1.165) is 11.6 Å². The Hall–Kier alpha value is -2.97. The van der Waals surface area contributed by atoms with Crippen molar-refractivity contribution < 1.29 is 27.4 Å². The SMILES string of the molecule is COc1cc(C)c(NC(=O)C2CCCN(c3ncccc3C(F)(F)F)C2)cc1OC. The maximum absolute atomic E-state index is 13.4. The number of hydrogen-bond donors (Lipinski definition) is 1. The summed E-state index contributed by atoms with van der Waals surface area (Å²) in [6, 6.07) is 5.71. The number of halogens is 3. The summed E-state index contributed by atoms with van der Waals surface area (Å²) in [5.41, 5.74) is 0.572. The summed E-state index contributed by atoms with van der Waals surface area (Å²) in [4.78, 5) is 18.4. The molecule has 0 saturated carbocycles. The number of hydrogen-bond acceptors (Lipinski definition) is 5. The molecule has 0 spiro atoms. The van der Waals surface area contributed by atoms with E-state index >= 15 is 0 Å². The monoisotopic (exact) mass is 423 g/mol. The lowest BCUT2D eigenvalue weighted by atomic mass is 9.96. The van der Waals surface area contributed by atoms with E-state index in [0.29, 0.717) is 36.6 Å². The Morgan fingerprint density at radius 2 is 1.93 bits per heavy atom. The van der Waals surface area contributed by atoms with Gasteiger partial charge in [0.15, 0.2) is 11.5 Å². The van der Waals surface area contributed by atoms with Gasteiger partial charge in [-0.25, -0.2) is 4.98 Å². The number of pyridine rings is 1. The number of ether oxygens (including phenoxy) is 2. The normalized spacial score (nSPS) is 16.9. The number of aromatic nitrogens is 1. The molecule has 0 aliphatic carbocycles. The van der Waals surface area contributed by atoms with E-state index in [9.17, 15) is 18.0 Å². The van der Waals surface area contributed by atoms with E-state index in [1.54, 1.807) is 12.1 Å². The molecule has 1 atom stereocenters. The topological polar surface area (TPSA) is 63.7 Å². The predicted molar refractivity (Wildman–Crippen MR) is 107 cm³/mol. The van der Waals surface area contributed by atoms with Crippen molar-refractivity contribution in [1.29, 1.82) is 0 Å². The van der Waals surface area contributed by atoms with Crippen molar-refractivity contribution in [2.45, 2.75) is 25.9 Å². The van der Waals surface area contributed by atoms with E-state index in [1.165, 1.54) is 31.4 Å². The summed E-state index contributed by atoms with van der Waals surface area (Å²) in [6.07, 6.45) is -1.99. The molecule has 2 heterocycles. The fourth-order valence-corrected chi connectivity index (χ4v) is 3.60. The van der Waals surface area contributed by atoms with Gasteiger partial charge in [-0.15, -0.1) is 0 Å². The van der Waals surface area contributed by atoms with Crippen LogP contribution >= 0.6 is 0 Å². The van der Waals surface area contributed by atoms with Gasteiger partial charge in [-0.3, -0.25) is 4.79 Å². The Morgan fingerprint density at radius 3 is 2.60 bits per heavy atom. The van der Waals surface area contributed by atoms with Gasteiger partial charge < -0.3 is 19.7 Å². The number of anilines is 2. The fraction of sp³-hybridized carbons (Fsp3) is 0.429. The number of amides is 1. The second-order valence-electron chi connectivity index (χ2n) is 7.17. The number of nitrogens with zero attached hydrogens (tertiary/aromatic N) is 2. The van der Waals surface area contributed by atoms with Crippen molar-refractivity contribution in [2.75, 3.05) is 37.5 Å². The van der Waals surface area contributed by atoms with Crippen LogP contribution in [-0.2, 0) is 11.0 Å². The molecule has 1 amide bonds. The minimum atomic E-state index is -4.50. The lowest BCUT2D eigenvalue weighted by molar-refractivity contribution is -0.137. The Morgan fingerprint density at radius 1 is 1.23 bits per heavy atom. The highest BCUT2D eigenvalue weighted by molar-refractivity contribution is 5.94. The Bertz CT molecular complexity index is 918. The third-order valence-electron chi connectivity index (χ3n) is 5.17. The highest BCUT2D eigenvalue weighted by Gasteiger charge is 2.37. The molecule has 162 valence electrons. The molecule has 6 nitrogen and oxygen atoms in total. The first kappa shape index (κ1) is 21.7. The van der Waals surface area contributed by atoms with Crippen LogP contribution in [-0.4, -0.2) is 38.2 Å². The molecule has 1 N–H and O–H groups in total. The molecule has 1 aromatic carbocycles.